The summed E-state index contributed by atoms with van der Waals surface area (Å²) in [5, 5.41) is 11.7. The first-order valence-electron chi connectivity index (χ1n) is 6.57. The molecule has 0 saturated heterocycles. The van der Waals surface area contributed by atoms with Crippen LogP contribution in [0.3, 0.4) is 0 Å². The Morgan fingerprint density at radius 1 is 1.30 bits per heavy atom. The second-order valence-corrected chi connectivity index (χ2v) is 4.71. The van der Waals surface area contributed by atoms with E-state index in [4.69, 9.17) is 14.7 Å². The molecule has 108 valence electrons. The maximum absolute atomic E-state index is 12.1. The van der Waals surface area contributed by atoms with Crippen molar-refractivity contribution in [2.75, 3.05) is 18.5 Å². The van der Waals surface area contributed by atoms with Gasteiger partial charge < -0.3 is 14.8 Å². The molecule has 1 aromatic carbocycles. The van der Waals surface area contributed by atoms with Gasteiger partial charge in [-0.25, -0.2) is 0 Å². The molecule has 20 heavy (non-hydrogen) atoms. The minimum Gasteiger partial charge on any atom is -0.494 e. The van der Waals surface area contributed by atoms with Gasteiger partial charge in [0.25, 0.3) is 0 Å². The predicted molar refractivity (Wildman–Crippen MR) is 76.8 cm³/mol. The lowest BCUT2D eigenvalue weighted by atomic mass is 9.94. The largest absolute Gasteiger partial charge is 0.494 e. The molecule has 0 heterocycles. The number of hydrogen-bond donors (Lipinski definition) is 1. The third kappa shape index (κ3) is 3.89. The average molecular weight is 276 g/mol. The molecule has 5 nitrogen and oxygen atoms in total. The van der Waals surface area contributed by atoms with Gasteiger partial charge in [-0.3, -0.25) is 4.79 Å². The van der Waals surface area contributed by atoms with E-state index in [1.54, 1.807) is 32.0 Å². The van der Waals surface area contributed by atoms with Crippen molar-refractivity contribution >= 4 is 11.6 Å². The normalized spacial score (nSPS) is 10.6. The third-order valence-electron chi connectivity index (χ3n) is 2.66. The Balaban J connectivity index is 3.04. The first kappa shape index (κ1) is 15.8. The van der Waals surface area contributed by atoms with Crippen LogP contribution in [0.1, 0.15) is 27.7 Å². The lowest BCUT2D eigenvalue weighted by Crippen LogP contribution is -2.29. The number of benzene rings is 1. The number of carbonyl (C=O) groups excluding carboxylic acids is 1. The van der Waals surface area contributed by atoms with Crippen molar-refractivity contribution in [2.45, 2.75) is 27.7 Å². The van der Waals surface area contributed by atoms with Crippen molar-refractivity contribution in [2.24, 2.45) is 5.41 Å². The zero-order chi connectivity index (χ0) is 15.2. The zero-order valence-corrected chi connectivity index (χ0v) is 12.3. The highest BCUT2D eigenvalue weighted by atomic mass is 16.5. The Hall–Kier alpha value is -2.22. The summed E-state index contributed by atoms with van der Waals surface area (Å²) in [4.78, 5) is 12.1. The number of amides is 1. The summed E-state index contributed by atoms with van der Waals surface area (Å²) < 4.78 is 10.9. The van der Waals surface area contributed by atoms with Crippen LogP contribution < -0.4 is 14.8 Å². The fourth-order valence-electron chi connectivity index (χ4n) is 1.47. The van der Waals surface area contributed by atoms with Gasteiger partial charge in [-0.1, -0.05) is 0 Å². The summed E-state index contributed by atoms with van der Waals surface area (Å²) in [6.45, 7) is 7.89. The SMILES string of the molecule is CCOc1ccc(OCC)c(NC(=O)C(C)(C)C#N)c1. The summed E-state index contributed by atoms with van der Waals surface area (Å²) in [7, 11) is 0. The second kappa shape index (κ2) is 6.80. The molecule has 1 N–H and O–H groups in total. The van der Waals surface area contributed by atoms with E-state index >= 15 is 0 Å². The van der Waals surface area contributed by atoms with Gasteiger partial charge in [0, 0.05) is 6.07 Å². The van der Waals surface area contributed by atoms with Crippen LogP contribution in [0.5, 0.6) is 11.5 Å². The van der Waals surface area contributed by atoms with E-state index in [0.29, 0.717) is 30.4 Å². The molecule has 0 aliphatic rings. The lowest BCUT2D eigenvalue weighted by Gasteiger charge is -2.18. The summed E-state index contributed by atoms with van der Waals surface area (Å²) >= 11 is 0. The van der Waals surface area contributed by atoms with Gasteiger partial charge in [-0.15, -0.1) is 0 Å². The van der Waals surface area contributed by atoms with E-state index in [-0.39, 0.29) is 5.91 Å². The van der Waals surface area contributed by atoms with Crippen LogP contribution >= 0.6 is 0 Å². The van der Waals surface area contributed by atoms with Gasteiger partial charge >= 0.3 is 0 Å². The van der Waals surface area contributed by atoms with Crippen molar-refractivity contribution < 1.29 is 14.3 Å². The topological polar surface area (TPSA) is 71.3 Å². The van der Waals surface area contributed by atoms with Crippen molar-refractivity contribution in [3.63, 3.8) is 0 Å². The molecule has 0 aliphatic heterocycles. The van der Waals surface area contributed by atoms with Crippen LogP contribution in [-0.4, -0.2) is 19.1 Å². The number of nitrogens with one attached hydrogen (secondary N) is 1. The fourth-order valence-corrected chi connectivity index (χ4v) is 1.47. The zero-order valence-electron chi connectivity index (χ0n) is 12.3. The van der Waals surface area contributed by atoms with E-state index in [1.165, 1.54) is 0 Å². The standard InChI is InChI=1S/C15H20N2O3/c1-5-19-11-7-8-13(20-6-2)12(9-11)17-14(18)15(3,4)10-16/h7-9H,5-6H2,1-4H3,(H,17,18). The minimum absolute atomic E-state index is 0.380. The summed E-state index contributed by atoms with van der Waals surface area (Å²) in [6.07, 6.45) is 0. The molecule has 0 spiro atoms. The van der Waals surface area contributed by atoms with Crippen LogP contribution in [0.2, 0.25) is 0 Å². The van der Waals surface area contributed by atoms with Crippen molar-refractivity contribution in [3.8, 4) is 17.6 Å². The molecule has 0 fully saturated rings. The van der Waals surface area contributed by atoms with E-state index in [9.17, 15) is 4.79 Å². The Labute approximate surface area is 119 Å². The van der Waals surface area contributed by atoms with E-state index in [2.05, 4.69) is 5.32 Å². The Morgan fingerprint density at radius 3 is 2.50 bits per heavy atom. The molecule has 1 amide bonds. The van der Waals surface area contributed by atoms with Gasteiger partial charge in [0.2, 0.25) is 5.91 Å². The maximum Gasteiger partial charge on any atom is 0.244 e. The molecule has 0 aliphatic carbocycles. The molecule has 1 rings (SSSR count). The molecule has 5 heteroatoms. The predicted octanol–water partition coefficient (Wildman–Crippen LogP) is 2.97. The highest BCUT2D eigenvalue weighted by Crippen LogP contribution is 2.30. The van der Waals surface area contributed by atoms with E-state index < -0.39 is 5.41 Å². The van der Waals surface area contributed by atoms with Gasteiger partial charge in [0.15, 0.2) is 0 Å². The van der Waals surface area contributed by atoms with Crippen LogP contribution in [0.25, 0.3) is 0 Å². The number of nitrogens with zero attached hydrogens (tertiary/aromatic N) is 1. The average Bonchev–Trinajstić information content (AvgIpc) is 2.42. The summed E-state index contributed by atoms with van der Waals surface area (Å²) in [6, 6.07) is 7.18. The molecule has 0 aromatic heterocycles. The maximum atomic E-state index is 12.1. The Morgan fingerprint density at radius 2 is 1.95 bits per heavy atom. The monoisotopic (exact) mass is 276 g/mol. The second-order valence-electron chi connectivity index (χ2n) is 4.71. The first-order valence-corrected chi connectivity index (χ1v) is 6.57. The minimum atomic E-state index is -1.11. The highest BCUT2D eigenvalue weighted by molar-refractivity contribution is 5.97. The number of hydrogen-bond acceptors (Lipinski definition) is 4. The molecule has 0 saturated carbocycles. The first-order chi connectivity index (χ1) is 9.44. The smallest absolute Gasteiger partial charge is 0.244 e. The molecular weight excluding hydrogens is 256 g/mol. The Bertz CT molecular complexity index is 518. The van der Waals surface area contributed by atoms with Gasteiger partial charge in [-0.2, -0.15) is 5.26 Å². The molecule has 1 aromatic rings. The molecule has 0 atom stereocenters. The van der Waals surface area contributed by atoms with Gasteiger partial charge in [0.05, 0.1) is 25.0 Å². The number of carbonyl (C=O) groups is 1. The molecular formula is C15H20N2O3. The number of nitriles is 1. The molecule has 0 bridgehead atoms. The summed E-state index contributed by atoms with van der Waals surface area (Å²) in [5.41, 5.74) is -0.600. The van der Waals surface area contributed by atoms with Crippen molar-refractivity contribution in [1.82, 2.24) is 0 Å². The lowest BCUT2D eigenvalue weighted by molar-refractivity contribution is -0.121. The van der Waals surface area contributed by atoms with Crippen LogP contribution in [0.4, 0.5) is 5.69 Å². The molecule has 0 unspecified atom stereocenters. The number of ether oxygens (including phenoxy) is 2. The van der Waals surface area contributed by atoms with Crippen LogP contribution in [-0.2, 0) is 4.79 Å². The number of rotatable bonds is 6. The summed E-state index contributed by atoms with van der Waals surface area (Å²) in [5.74, 6) is 0.814. The highest BCUT2D eigenvalue weighted by Gasteiger charge is 2.28. The van der Waals surface area contributed by atoms with E-state index in [1.807, 2.05) is 19.9 Å². The quantitative estimate of drug-likeness (QED) is 0.867. The van der Waals surface area contributed by atoms with Crippen molar-refractivity contribution in [3.05, 3.63) is 18.2 Å². The third-order valence-corrected chi connectivity index (χ3v) is 2.66. The Kier molecular flexibility index (Phi) is 5.39. The van der Waals surface area contributed by atoms with Crippen LogP contribution in [0, 0.1) is 16.7 Å². The van der Waals surface area contributed by atoms with Gasteiger partial charge in [0.1, 0.15) is 16.9 Å². The number of anilines is 1. The van der Waals surface area contributed by atoms with Crippen molar-refractivity contribution in [1.29, 1.82) is 5.26 Å². The molecule has 0 radical (unpaired) electrons. The van der Waals surface area contributed by atoms with E-state index in [0.717, 1.165) is 0 Å². The van der Waals surface area contributed by atoms with Crippen LogP contribution in [0.15, 0.2) is 18.2 Å². The fraction of sp³-hybridized carbons (Fsp3) is 0.467. The van der Waals surface area contributed by atoms with Gasteiger partial charge in [-0.05, 0) is 39.8 Å².